The van der Waals surface area contributed by atoms with Crippen LogP contribution < -0.4 is 0 Å². The lowest BCUT2D eigenvalue weighted by Crippen LogP contribution is -2.04. The highest BCUT2D eigenvalue weighted by Gasteiger charge is 2.25. The largest absolute Gasteiger partial charge is 0.308 e. The van der Waals surface area contributed by atoms with E-state index in [4.69, 9.17) is 0 Å². The minimum atomic E-state index is -0.766. The molecule has 1 nitrogen and oxygen atoms in total. The summed E-state index contributed by atoms with van der Waals surface area (Å²) >= 11 is 0. The Hall–Kier alpha value is -4.38. The Morgan fingerprint density at radius 1 is 0.400 bits per heavy atom. The zero-order chi connectivity index (χ0) is 24.1. The van der Waals surface area contributed by atoms with Crippen molar-refractivity contribution in [3.63, 3.8) is 0 Å². The molecule has 0 aliphatic carbocycles. The molecule has 0 aliphatic heterocycles. The smallest absolute Gasteiger partial charge is 0.134 e. The summed E-state index contributed by atoms with van der Waals surface area (Å²) in [5.74, 6) is -3.06. The number of hydrogen-bond acceptors (Lipinski definition) is 0. The second-order valence-electron chi connectivity index (χ2n) is 8.26. The fraction of sp³-hybridized carbons (Fsp3) is 0. The summed E-state index contributed by atoms with van der Waals surface area (Å²) in [6, 6.07) is 27.1. The van der Waals surface area contributed by atoms with Gasteiger partial charge >= 0.3 is 0 Å². The molecule has 1 aromatic heterocycles. The van der Waals surface area contributed by atoms with E-state index in [0.29, 0.717) is 0 Å². The van der Waals surface area contributed by atoms with Crippen molar-refractivity contribution in [2.45, 2.75) is 0 Å². The highest BCUT2D eigenvalue weighted by Crippen LogP contribution is 2.43. The number of aromatic nitrogens is 1. The summed E-state index contributed by atoms with van der Waals surface area (Å²) in [7, 11) is 0. The normalized spacial score (nSPS) is 11.4. The van der Waals surface area contributed by atoms with Gasteiger partial charge in [-0.2, -0.15) is 0 Å². The van der Waals surface area contributed by atoms with Crippen LogP contribution in [0.4, 0.5) is 17.6 Å². The summed E-state index contributed by atoms with van der Waals surface area (Å²) in [6.07, 6.45) is 0. The molecule has 170 valence electrons. The van der Waals surface area contributed by atoms with Gasteiger partial charge < -0.3 is 4.57 Å². The molecule has 0 bridgehead atoms. The van der Waals surface area contributed by atoms with Crippen molar-refractivity contribution in [1.82, 2.24) is 4.57 Å². The van der Waals surface area contributed by atoms with E-state index >= 15 is 17.6 Å². The van der Waals surface area contributed by atoms with E-state index in [1.165, 1.54) is 36.4 Å². The van der Waals surface area contributed by atoms with E-state index in [1.54, 1.807) is 18.2 Å². The van der Waals surface area contributed by atoms with Gasteiger partial charge in [0.05, 0.1) is 27.8 Å². The van der Waals surface area contributed by atoms with Gasteiger partial charge in [0, 0.05) is 21.9 Å². The number of hydrogen-bond donors (Lipinski definition) is 0. The Bertz CT molecular complexity index is 1590. The molecule has 5 aromatic carbocycles. The third-order valence-corrected chi connectivity index (χ3v) is 6.30. The molecule has 35 heavy (non-hydrogen) atoms. The standard InChI is InChI=1S/C30H17F4N/c31-22-12-6-13-23(32)28(22)20-10-5-11-21(29-24(33)14-7-15-25(29)34)30(20)35-26-16-3-1-8-18(26)19-9-2-4-17-27(19)35/h1-17H. The molecule has 0 spiro atoms. The summed E-state index contributed by atoms with van der Waals surface area (Å²) in [5.41, 5.74) is 1.63. The van der Waals surface area contributed by atoms with Crippen LogP contribution in [0.1, 0.15) is 0 Å². The number of nitrogens with zero attached hydrogens (tertiary/aromatic N) is 1. The van der Waals surface area contributed by atoms with Crippen molar-refractivity contribution >= 4 is 21.8 Å². The maximum atomic E-state index is 15.1. The number of rotatable bonds is 3. The monoisotopic (exact) mass is 467 g/mol. The maximum absolute atomic E-state index is 15.1. The molecular formula is C30H17F4N. The Morgan fingerprint density at radius 3 is 1.20 bits per heavy atom. The molecule has 0 unspecified atom stereocenters. The molecular weight excluding hydrogens is 450 g/mol. The molecule has 0 saturated heterocycles. The third-order valence-electron chi connectivity index (χ3n) is 6.30. The van der Waals surface area contributed by atoms with Gasteiger partial charge in [0.2, 0.25) is 0 Å². The number of fused-ring (bicyclic) bond motifs is 3. The van der Waals surface area contributed by atoms with Gasteiger partial charge in [-0.25, -0.2) is 17.6 Å². The molecule has 1 heterocycles. The van der Waals surface area contributed by atoms with Gasteiger partial charge in [-0.15, -0.1) is 0 Å². The molecule has 6 rings (SSSR count). The van der Waals surface area contributed by atoms with Crippen LogP contribution in [0, 0.1) is 23.3 Å². The first-order valence-electron chi connectivity index (χ1n) is 11.1. The second kappa shape index (κ2) is 8.13. The van der Waals surface area contributed by atoms with Crippen LogP contribution in [-0.4, -0.2) is 4.57 Å². The summed E-state index contributed by atoms with van der Waals surface area (Å²) in [4.78, 5) is 0. The summed E-state index contributed by atoms with van der Waals surface area (Å²) in [5, 5.41) is 1.82. The van der Waals surface area contributed by atoms with Crippen LogP contribution in [-0.2, 0) is 0 Å². The average Bonchev–Trinajstić information content (AvgIpc) is 3.18. The minimum Gasteiger partial charge on any atom is -0.308 e. The van der Waals surface area contributed by atoms with Crippen molar-refractivity contribution < 1.29 is 17.6 Å². The molecule has 0 radical (unpaired) electrons. The fourth-order valence-electron chi connectivity index (χ4n) is 4.86. The van der Waals surface area contributed by atoms with Gasteiger partial charge in [0.1, 0.15) is 23.3 Å². The van der Waals surface area contributed by atoms with Crippen LogP contribution in [0.2, 0.25) is 0 Å². The molecule has 0 amide bonds. The zero-order valence-electron chi connectivity index (χ0n) is 18.3. The van der Waals surface area contributed by atoms with Crippen LogP contribution >= 0.6 is 0 Å². The lowest BCUT2D eigenvalue weighted by molar-refractivity contribution is 0.589. The topological polar surface area (TPSA) is 4.93 Å². The third kappa shape index (κ3) is 3.23. The van der Waals surface area contributed by atoms with E-state index in [0.717, 1.165) is 21.8 Å². The van der Waals surface area contributed by atoms with Gasteiger partial charge in [-0.1, -0.05) is 66.7 Å². The lowest BCUT2D eigenvalue weighted by atomic mass is 9.94. The van der Waals surface area contributed by atoms with Crippen molar-refractivity contribution in [1.29, 1.82) is 0 Å². The van der Waals surface area contributed by atoms with Crippen LogP contribution in [0.15, 0.2) is 103 Å². The quantitative estimate of drug-likeness (QED) is 0.230. The predicted molar refractivity (Wildman–Crippen MR) is 131 cm³/mol. The Morgan fingerprint density at radius 2 is 0.771 bits per heavy atom. The van der Waals surface area contributed by atoms with E-state index in [-0.39, 0.29) is 27.9 Å². The lowest BCUT2D eigenvalue weighted by Gasteiger charge is -2.20. The minimum absolute atomic E-state index is 0.187. The highest BCUT2D eigenvalue weighted by molar-refractivity contribution is 6.10. The Labute approximate surface area is 198 Å². The maximum Gasteiger partial charge on any atom is 0.134 e. The molecule has 0 saturated carbocycles. The summed E-state index contributed by atoms with van der Waals surface area (Å²) < 4.78 is 62.2. The van der Waals surface area contributed by atoms with Gasteiger partial charge in [-0.3, -0.25) is 0 Å². The van der Waals surface area contributed by atoms with Crippen molar-refractivity contribution in [2.24, 2.45) is 0 Å². The SMILES string of the molecule is Fc1cccc(F)c1-c1cccc(-c2c(F)cccc2F)c1-n1c2ccccc2c2ccccc21. The summed E-state index contributed by atoms with van der Waals surface area (Å²) in [6.45, 7) is 0. The first-order valence-corrected chi connectivity index (χ1v) is 11.1. The predicted octanol–water partition coefficient (Wildman–Crippen LogP) is 8.67. The number of para-hydroxylation sites is 3. The number of halogens is 4. The first-order chi connectivity index (χ1) is 17.1. The second-order valence-corrected chi connectivity index (χ2v) is 8.26. The Balaban J connectivity index is 1.86. The van der Waals surface area contributed by atoms with Gasteiger partial charge in [0.15, 0.2) is 0 Å². The molecule has 0 aliphatic rings. The van der Waals surface area contributed by atoms with E-state index < -0.39 is 23.3 Å². The van der Waals surface area contributed by atoms with Crippen molar-refractivity contribution in [2.75, 3.05) is 0 Å². The van der Waals surface area contributed by atoms with Crippen molar-refractivity contribution in [3.05, 3.63) is 126 Å². The van der Waals surface area contributed by atoms with E-state index in [1.807, 2.05) is 53.1 Å². The van der Waals surface area contributed by atoms with E-state index in [2.05, 4.69) is 0 Å². The zero-order valence-corrected chi connectivity index (χ0v) is 18.3. The Kier molecular flexibility index (Phi) is 4.92. The molecule has 6 aromatic rings. The van der Waals surface area contributed by atoms with Crippen LogP contribution in [0.3, 0.4) is 0 Å². The molecule has 0 N–H and O–H groups in total. The van der Waals surface area contributed by atoms with Crippen LogP contribution in [0.25, 0.3) is 49.7 Å². The van der Waals surface area contributed by atoms with Crippen molar-refractivity contribution in [3.8, 4) is 27.9 Å². The molecule has 0 fully saturated rings. The first kappa shape index (κ1) is 21.2. The number of benzene rings is 5. The van der Waals surface area contributed by atoms with Crippen LogP contribution in [0.5, 0.6) is 0 Å². The van der Waals surface area contributed by atoms with Gasteiger partial charge in [-0.05, 0) is 36.4 Å². The highest BCUT2D eigenvalue weighted by atomic mass is 19.1. The fourth-order valence-corrected chi connectivity index (χ4v) is 4.86. The van der Waals surface area contributed by atoms with E-state index in [9.17, 15) is 0 Å². The van der Waals surface area contributed by atoms with Gasteiger partial charge in [0.25, 0.3) is 0 Å². The molecule has 5 heteroatoms. The molecule has 0 atom stereocenters. The average molecular weight is 467 g/mol.